The Kier molecular flexibility index (Phi) is 7.36. The van der Waals surface area contributed by atoms with Crippen molar-refractivity contribution in [2.75, 3.05) is 0 Å². The van der Waals surface area contributed by atoms with Crippen molar-refractivity contribution >= 4 is 97.6 Å². The summed E-state index contributed by atoms with van der Waals surface area (Å²) in [5, 5.41) is 15.8. The fraction of sp³-hybridized carbons (Fsp3) is 0. The summed E-state index contributed by atoms with van der Waals surface area (Å²) >= 11 is 0. The molecule has 11 aromatic carbocycles. The highest BCUT2D eigenvalue weighted by molar-refractivity contribution is 6.16. The molecule has 0 aliphatic carbocycles. The van der Waals surface area contributed by atoms with Crippen molar-refractivity contribution in [2.45, 2.75) is 0 Å². The normalized spacial score (nSPS) is 12.1. The Morgan fingerprint density at radius 2 is 0.766 bits per heavy atom. The van der Waals surface area contributed by atoms with Gasteiger partial charge in [-0.1, -0.05) is 140 Å². The topological polar surface area (TPSA) is 35.6 Å². The van der Waals surface area contributed by atoms with E-state index in [0.717, 1.165) is 44.6 Å². The van der Waals surface area contributed by atoms with Crippen LogP contribution in [0.1, 0.15) is 0 Å². The van der Waals surface area contributed by atoms with E-state index in [1.807, 2.05) is 0 Å². The van der Waals surface area contributed by atoms with Gasteiger partial charge in [-0.25, -0.2) is 9.97 Å². The van der Waals surface area contributed by atoms with Crippen LogP contribution in [0.3, 0.4) is 0 Å². The minimum Gasteiger partial charge on any atom is -0.309 e. The lowest BCUT2D eigenvalue weighted by molar-refractivity contribution is 1.15. The third-order valence-electron chi connectivity index (χ3n) is 13.4. The van der Waals surface area contributed by atoms with E-state index in [4.69, 9.17) is 9.97 Å². The molecule has 0 aliphatic heterocycles. The Labute approximate surface area is 367 Å². The number of aromatic nitrogens is 4. The number of hydrogen-bond donors (Lipinski definition) is 0. The Morgan fingerprint density at radius 1 is 0.266 bits per heavy atom. The molecule has 0 radical (unpaired) electrons. The molecule has 0 aliphatic rings. The lowest BCUT2D eigenvalue weighted by Gasteiger charge is -2.13. The van der Waals surface area contributed by atoms with Gasteiger partial charge in [0, 0.05) is 49.4 Å². The summed E-state index contributed by atoms with van der Waals surface area (Å²) in [4.78, 5) is 10.5. The van der Waals surface area contributed by atoms with Gasteiger partial charge in [-0.15, -0.1) is 0 Å². The molecule has 4 heteroatoms. The maximum Gasteiger partial charge on any atom is 0.160 e. The van der Waals surface area contributed by atoms with Gasteiger partial charge in [0.25, 0.3) is 0 Å². The van der Waals surface area contributed by atoms with Crippen LogP contribution in [-0.2, 0) is 0 Å². The Bertz CT molecular complexity index is 4250. The van der Waals surface area contributed by atoms with Crippen LogP contribution in [0.2, 0.25) is 0 Å². The molecular weight excluding hydrogens is 777 g/mol. The van der Waals surface area contributed by atoms with Gasteiger partial charge >= 0.3 is 0 Å². The summed E-state index contributed by atoms with van der Waals surface area (Å²) in [6, 6.07) is 79.3. The molecule has 14 rings (SSSR count). The molecule has 3 aromatic heterocycles. The zero-order valence-corrected chi connectivity index (χ0v) is 34.6. The summed E-state index contributed by atoms with van der Waals surface area (Å²) in [5.74, 6) is 0.702. The van der Waals surface area contributed by atoms with Crippen molar-refractivity contribution in [3.05, 3.63) is 218 Å². The molecule has 0 unspecified atom stereocenters. The zero-order chi connectivity index (χ0) is 41.9. The first-order chi connectivity index (χ1) is 31.7. The molecule has 0 spiro atoms. The number of benzene rings is 11. The van der Waals surface area contributed by atoms with Gasteiger partial charge in [-0.2, -0.15) is 0 Å². The zero-order valence-electron chi connectivity index (χ0n) is 34.6. The second-order valence-electron chi connectivity index (χ2n) is 17.0. The minimum atomic E-state index is 0.702. The SMILES string of the molecule is c1ccc2cc3c(cc2c1)c1ccccc1n3-c1ccc2c3cc4ccccc4cc3n(-c3ccc(-c4nc(-c5ccc6c(ccc7ccccc76)c5)c5ccccc5n4)cc3)c2c1. The van der Waals surface area contributed by atoms with Gasteiger partial charge in [0.15, 0.2) is 5.82 Å². The van der Waals surface area contributed by atoms with E-state index in [1.165, 1.54) is 81.2 Å². The monoisotopic (exact) mass is 812 g/mol. The number of fused-ring (bicyclic) bond motifs is 12. The first-order valence-electron chi connectivity index (χ1n) is 21.9. The molecule has 0 saturated carbocycles. The Morgan fingerprint density at radius 3 is 1.50 bits per heavy atom. The maximum atomic E-state index is 5.32. The second kappa shape index (κ2) is 13.4. The van der Waals surface area contributed by atoms with E-state index in [2.05, 4.69) is 228 Å². The van der Waals surface area contributed by atoms with Gasteiger partial charge in [-0.05, 0) is 122 Å². The van der Waals surface area contributed by atoms with E-state index in [0.29, 0.717) is 5.82 Å². The molecule has 296 valence electrons. The molecule has 0 bridgehead atoms. The van der Waals surface area contributed by atoms with E-state index < -0.39 is 0 Å². The van der Waals surface area contributed by atoms with E-state index in [9.17, 15) is 0 Å². The quantitative estimate of drug-likeness (QED) is 0.166. The molecule has 0 amide bonds. The molecule has 0 N–H and O–H groups in total. The fourth-order valence-corrected chi connectivity index (χ4v) is 10.4. The van der Waals surface area contributed by atoms with Gasteiger partial charge in [0.05, 0.1) is 33.3 Å². The predicted octanol–water partition coefficient (Wildman–Crippen LogP) is 15.8. The first-order valence-corrected chi connectivity index (χ1v) is 21.9. The van der Waals surface area contributed by atoms with E-state index >= 15 is 0 Å². The number of rotatable bonds is 4. The van der Waals surface area contributed by atoms with E-state index in [-0.39, 0.29) is 0 Å². The van der Waals surface area contributed by atoms with Crippen molar-refractivity contribution in [3.63, 3.8) is 0 Å². The highest BCUT2D eigenvalue weighted by Gasteiger charge is 2.19. The van der Waals surface area contributed by atoms with Crippen LogP contribution in [0.4, 0.5) is 0 Å². The fourth-order valence-electron chi connectivity index (χ4n) is 10.4. The molecule has 4 nitrogen and oxygen atoms in total. The van der Waals surface area contributed by atoms with Crippen molar-refractivity contribution < 1.29 is 0 Å². The summed E-state index contributed by atoms with van der Waals surface area (Å²) in [6.07, 6.45) is 0. The molecular formula is C60H36N4. The molecule has 0 saturated heterocycles. The van der Waals surface area contributed by atoms with Gasteiger partial charge in [0.1, 0.15) is 0 Å². The van der Waals surface area contributed by atoms with Crippen molar-refractivity contribution in [1.82, 2.24) is 19.1 Å². The van der Waals surface area contributed by atoms with Crippen molar-refractivity contribution in [1.29, 1.82) is 0 Å². The predicted molar refractivity (Wildman–Crippen MR) is 269 cm³/mol. The molecule has 0 atom stereocenters. The van der Waals surface area contributed by atoms with Crippen LogP contribution >= 0.6 is 0 Å². The second-order valence-corrected chi connectivity index (χ2v) is 17.0. The third-order valence-corrected chi connectivity index (χ3v) is 13.4. The lowest BCUT2D eigenvalue weighted by atomic mass is 9.98. The van der Waals surface area contributed by atoms with Crippen LogP contribution in [0.25, 0.3) is 132 Å². The van der Waals surface area contributed by atoms with Gasteiger partial charge < -0.3 is 9.13 Å². The first kappa shape index (κ1) is 35.0. The molecule has 64 heavy (non-hydrogen) atoms. The molecule has 0 fully saturated rings. The average molecular weight is 813 g/mol. The Balaban J connectivity index is 0.947. The number of nitrogens with zero attached hydrogens (tertiary/aromatic N) is 4. The highest BCUT2D eigenvalue weighted by atomic mass is 15.0. The molecule has 14 aromatic rings. The Hall–Kier alpha value is -8.60. The number of para-hydroxylation sites is 2. The largest absolute Gasteiger partial charge is 0.309 e. The van der Waals surface area contributed by atoms with Gasteiger partial charge in [0.2, 0.25) is 0 Å². The molecule has 3 heterocycles. The third kappa shape index (κ3) is 5.23. The summed E-state index contributed by atoms with van der Waals surface area (Å²) in [5.41, 5.74) is 10.8. The highest BCUT2D eigenvalue weighted by Crippen LogP contribution is 2.40. The summed E-state index contributed by atoms with van der Waals surface area (Å²) < 4.78 is 4.86. The van der Waals surface area contributed by atoms with Crippen LogP contribution < -0.4 is 0 Å². The van der Waals surface area contributed by atoms with Crippen LogP contribution in [0.5, 0.6) is 0 Å². The van der Waals surface area contributed by atoms with Crippen LogP contribution in [-0.4, -0.2) is 19.1 Å². The smallest absolute Gasteiger partial charge is 0.160 e. The summed E-state index contributed by atoms with van der Waals surface area (Å²) in [6.45, 7) is 0. The number of hydrogen-bond acceptors (Lipinski definition) is 2. The standard InChI is InChI=1S/C60H36N4/c1-4-15-42-35-57-52(32-39(42)12-1)49-17-8-10-20-55(49)64(57)46-28-30-50-53-33-40-13-2-3-14-41(40)34-56(53)63(58(50)36-46)45-26-23-38(24-27-45)60-61-54-19-9-7-18-51(54)59(62-60)44-25-29-48-43(31-44)22-21-37-11-5-6-16-47(37)48/h1-36H. The lowest BCUT2D eigenvalue weighted by Crippen LogP contribution is -1.98. The van der Waals surface area contributed by atoms with Crippen LogP contribution in [0.15, 0.2) is 218 Å². The average Bonchev–Trinajstić information content (AvgIpc) is 3.85. The minimum absolute atomic E-state index is 0.702. The summed E-state index contributed by atoms with van der Waals surface area (Å²) in [7, 11) is 0. The van der Waals surface area contributed by atoms with Gasteiger partial charge in [-0.3, -0.25) is 0 Å². The van der Waals surface area contributed by atoms with Crippen molar-refractivity contribution in [2.24, 2.45) is 0 Å². The maximum absolute atomic E-state index is 5.32. The van der Waals surface area contributed by atoms with E-state index in [1.54, 1.807) is 0 Å². The van der Waals surface area contributed by atoms with Crippen LogP contribution in [0, 0.1) is 0 Å². The van der Waals surface area contributed by atoms with Crippen molar-refractivity contribution in [3.8, 4) is 34.0 Å².